The molecule has 122 valence electrons. The van der Waals surface area contributed by atoms with E-state index < -0.39 is 18.3 Å². The summed E-state index contributed by atoms with van der Waals surface area (Å²) in [7, 11) is 0. The molecular formula is C16H20F3NO2. The van der Waals surface area contributed by atoms with Gasteiger partial charge in [0.05, 0.1) is 5.56 Å². The molecule has 6 heteroatoms. The molecule has 1 amide bonds. The van der Waals surface area contributed by atoms with Crippen molar-refractivity contribution in [2.75, 3.05) is 19.7 Å². The number of carbonyl (C=O) groups excluding carboxylic acids is 1. The molecule has 0 saturated carbocycles. The highest BCUT2D eigenvalue weighted by Crippen LogP contribution is 2.30. The molecule has 1 N–H and O–H groups in total. The molecule has 0 bridgehead atoms. The molecule has 0 spiro atoms. The monoisotopic (exact) mass is 315 g/mol. The van der Waals surface area contributed by atoms with Crippen molar-refractivity contribution in [3.8, 4) is 0 Å². The lowest BCUT2D eigenvalue weighted by Crippen LogP contribution is -2.41. The van der Waals surface area contributed by atoms with Crippen LogP contribution in [0.5, 0.6) is 0 Å². The molecule has 22 heavy (non-hydrogen) atoms. The summed E-state index contributed by atoms with van der Waals surface area (Å²) in [5.74, 6) is 0.00237. The summed E-state index contributed by atoms with van der Waals surface area (Å²) in [6.07, 6.45) is -1.16. The van der Waals surface area contributed by atoms with E-state index in [2.05, 4.69) is 0 Å². The van der Waals surface area contributed by atoms with Gasteiger partial charge in [-0.25, -0.2) is 0 Å². The first kappa shape index (κ1) is 16.8. The number of hydrogen-bond acceptors (Lipinski definition) is 2. The van der Waals surface area contributed by atoms with Gasteiger partial charge in [0.2, 0.25) is 5.91 Å². The fourth-order valence-electron chi connectivity index (χ4n) is 2.90. The van der Waals surface area contributed by atoms with Crippen LogP contribution < -0.4 is 0 Å². The number of alkyl halides is 3. The topological polar surface area (TPSA) is 40.5 Å². The second-order valence-corrected chi connectivity index (χ2v) is 5.74. The Hall–Kier alpha value is -1.56. The van der Waals surface area contributed by atoms with E-state index in [9.17, 15) is 18.0 Å². The summed E-state index contributed by atoms with van der Waals surface area (Å²) in [6, 6.07) is 5.40. The van der Waals surface area contributed by atoms with E-state index >= 15 is 0 Å². The Morgan fingerprint density at radius 3 is 2.82 bits per heavy atom. The summed E-state index contributed by atoms with van der Waals surface area (Å²) in [5, 5.41) is 8.89. The highest BCUT2D eigenvalue weighted by Gasteiger charge is 2.30. The number of nitrogens with zero attached hydrogens (tertiary/aromatic N) is 1. The Bertz CT molecular complexity index is 516. The van der Waals surface area contributed by atoms with Crippen molar-refractivity contribution in [2.24, 2.45) is 5.92 Å². The Kier molecular flexibility index (Phi) is 5.45. The number of piperidine rings is 1. The maximum Gasteiger partial charge on any atom is 0.416 e. The minimum Gasteiger partial charge on any atom is -0.387 e. The lowest BCUT2D eigenvalue weighted by molar-refractivity contribution is -0.138. The van der Waals surface area contributed by atoms with Crippen molar-refractivity contribution < 1.29 is 23.1 Å². The highest BCUT2D eigenvalue weighted by molar-refractivity contribution is 5.77. The molecule has 1 aromatic carbocycles. The molecule has 1 saturated heterocycles. The fraction of sp³-hybridized carbons (Fsp3) is 0.562. The summed E-state index contributed by atoms with van der Waals surface area (Å²) in [5.41, 5.74) is 0.0474. The minimum atomic E-state index is -4.31. The van der Waals surface area contributed by atoms with E-state index in [1.54, 1.807) is 11.0 Å². The molecule has 0 radical (unpaired) electrons. The van der Waals surface area contributed by atoms with Gasteiger partial charge in [0.1, 0.15) is 6.61 Å². The number of likely N-dealkylation sites (tertiary alicyclic amines) is 1. The predicted molar refractivity (Wildman–Crippen MR) is 76.2 cm³/mol. The average molecular weight is 315 g/mol. The Morgan fingerprint density at radius 1 is 1.36 bits per heavy atom. The van der Waals surface area contributed by atoms with Gasteiger partial charge < -0.3 is 10.0 Å². The third-order valence-electron chi connectivity index (χ3n) is 4.10. The van der Waals surface area contributed by atoms with Crippen LogP contribution in [0.1, 0.15) is 30.4 Å². The molecule has 3 nitrogen and oxygen atoms in total. The third-order valence-corrected chi connectivity index (χ3v) is 4.10. The van der Waals surface area contributed by atoms with E-state index in [1.807, 2.05) is 0 Å². The average Bonchev–Trinajstić information content (AvgIpc) is 2.52. The van der Waals surface area contributed by atoms with Gasteiger partial charge in [-0.2, -0.15) is 13.2 Å². The molecule has 1 aliphatic heterocycles. The summed E-state index contributed by atoms with van der Waals surface area (Å²) >= 11 is 0. The van der Waals surface area contributed by atoms with E-state index in [4.69, 9.17) is 5.11 Å². The number of amides is 1. The van der Waals surface area contributed by atoms with Gasteiger partial charge >= 0.3 is 6.18 Å². The molecule has 1 aliphatic rings. The first-order chi connectivity index (χ1) is 10.4. The molecule has 0 aromatic heterocycles. The quantitative estimate of drug-likeness (QED) is 0.928. The largest absolute Gasteiger partial charge is 0.416 e. The third kappa shape index (κ3) is 4.47. The number of aryl methyl sites for hydroxylation is 1. The van der Waals surface area contributed by atoms with Crippen molar-refractivity contribution in [2.45, 2.75) is 31.9 Å². The summed E-state index contributed by atoms with van der Waals surface area (Å²) in [4.78, 5) is 13.1. The second-order valence-electron chi connectivity index (χ2n) is 5.74. The summed E-state index contributed by atoms with van der Waals surface area (Å²) < 4.78 is 38.0. The van der Waals surface area contributed by atoms with Crippen LogP contribution in [0.4, 0.5) is 13.2 Å². The van der Waals surface area contributed by atoms with Crippen LogP contribution in [0.15, 0.2) is 24.3 Å². The van der Waals surface area contributed by atoms with Gasteiger partial charge in [-0.3, -0.25) is 4.79 Å². The molecule has 1 aromatic rings. The van der Waals surface area contributed by atoms with E-state index in [0.29, 0.717) is 25.1 Å². The molecular weight excluding hydrogens is 295 g/mol. The molecule has 0 unspecified atom stereocenters. The smallest absolute Gasteiger partial charge is 0.387 e. The molecule has 0 aliphatic carbocycles. The first-order valence-electron chi connectivity index (χ1n) is 7.45. The van der Waals surface area contributed by atoms with Crippen molar-refractivity contribution in [1.82, 2.24) is 4.90 Å². The number of rotatable bonds is 4. The van der Waals surface area contributed by atoms with Crippen LogP contribution in [0.2, 0.25) is 0 Å². The number of hydrogen-bond donors (Lipinski definition) is 1. The van der Waals surface area contributed by atoms with Crippen LogP contribution >= 0.6 is 0 Å². The van der Waals surface area contributed by atoms with Crippen LogP contribution in [-0.4, -0.2) is 35.6 Å². The molecule has 1 heterocycles. The Balaban J connectivity index is 1.91. The number of aliphatic hydroxyl groups excluding tert-OH is 1. The van der Waals surface area contributed by atoms with E-state index in [0.717, 1.165) is 25.3 Å². The number of aliphatic hydroxyl groups is 1. The first-order valence-corrected chi connectivity index (χ1v) is 7.45. The minimum absolute atomic E-state index is 0.274. The standard InChI is InChI=1S/C16H20F3NO2/c17-16(18,19)14-5-1-3-12(9-14)6-7-13-4-2-8-20(10-13)15(22)11-21/h1,3,5,9,13,21H,2,4,6-8,10-11H2/t13-/m1/s1. The maximum atomic E-state index is 12.7. The molecule has 1 atom stereocenters. The van der Waals surface area contributed by atoms with Gasteiger partial charge in [0, 0.05) is 13.1 Å². The van der Waals surface area contributed by atoms with E-state index in [-0.39, 0.29) is 11.8 Å². The Morgan fingerprint density at radius 2 is 2.14 bits per heavy atom. The van der Waals surface area contributed by atoms with Gasteiger partial charge in [0.15, 0.2) is 0 Å². The maximum absolute atomic E-state index is 12.7. The number of carbonyl (C=O) groups is 1. The fourth-order valence-corrected chi connectivity index (χ4v) is 2.90. The summed E-state index contributed by atoms with van der Waals surface area (Å²) in [6.45, 7) is 0.748. The molecule has 2 rings (SSSR count). The molecule has 1 fully saturated rings. The van der Waals surface area contributed by atoms with Crippen molar-refractivity contribution in [3.05, 3.63) is 35.4 Å². The van der Waals surface area contributed by atoms with Gasteiger partial charge in [-0.05, 0) is 43.2 Å². The van der Waals surface area contributed by atoms with Crippen molar-refractivity contribution in [1.29, 1.82) is 0 Å². The zero-order chi connectivity index (χ0) is 16.2. The van der Waals surface area contributed by atoms with Crippen LogP contribution in [0.3, 0.4) is 0 Å². The van der Waals surface area contributed by atoms with E-state index in [1.165, 1.54) is 12.1 Å². The zero-order valence-corrected chi connectivity index (χ0v) is 12.3. The van der Waals surface area contributed by atoms with Crippen LogP contribution in [0.25, 0.3) is 0 Å². The number of halogens is 3. The van der Waals surface area contributed by atoms with Crippen molar-refractivity contribution in [3.63, 3.8) is 0 Å². The van der Waals surface area contributed by atoms with Gasteiger partial charge in [0.25, 0.3) is 0 Å². The zero-order valence-electron chi connectivity index (χ0n) is 12.3. The van der Waals surface area contributed by atoms with Crippen molar-refractivity contribution >= 4 is 5.91 Å². The Labute approximate surface area is 127 Å². The SMILES string of the molecule is O=C(CO)N1CCC[C@H](CCc2cccc(C(F)(F)F)c2)C1. The number of benzene rings is 1. The predicted octanol–water partition coefficient (Wildman–Crippen LogP) is 2.87. The van der Waals surface area contributed by atoms with Gasteiger partial charge in [-0.1, -0.05) is 18.2 Å². The van der Waals surface area contributed by atoms with Crippen LogP contribution in [0, 0.1) is 5.92 Å². The lowest BCUT2D eigenvalue weighted by Gasteiger charge is -2.32. The van der Waals surface area contributed by atoms with Gasteiger partial charge in [-0.15, -0.1) is 0 Å². The highest BCUT2D eigenvalue weighted by atomic mass is 19.4. The second kappa shape index (κ2) is 7.13. The lowest BCUT2D eigenvalue weighted by atomic mass is 9.91. The normalized spacial score (nSPS) is 19.3. The van der Waals surface area contributed by atoms with Crippen LogP contribution in [-0.2, 0) is 17.4 Å².